The molecule has 0 aromatic carbocycles. The maximum atomic E-state index is 3.57. The quantitative estimate of drug-likeness (QED) is 0.458. The van der Waals surface area contributed by atoms with Gasteiger partial charge >= 0.3 is 0 Å². The normalized spacial score (nSPS) is 62.5. The monoisotopic (exact) mass is 146 g/mol. The minimum Gasteiger partial charge on any atom is -0.0887 e. The lowest BCUT2D eigenvalue weighted by atomic mass is 10.0. The molecule has 2 aliphatic carbocycles. The number of rotatable bonds is 0. The molecule has 34 valence electrons. The zero-order valence-electron chi connectivity index (χ0n) is 3.52. The van der Waals surface area contributed by atoms with Crippen LogP contribution in [0, 0.1) is 11.8 Å². The van der Waals surface area contributed by atoms with Crippen molar-refractivity contribution in [3.8, 4) is 0 Å². The summed E-state index contributed by atoms with van der Waals surface area (Å²) in [7, 11) is 0. The summed E-state index contributed by atoms with van der Waals surface area (Å²) in [4.78, 5) is 0.919. The van der Waals surface area contributed by atoms with Crippen molar-refractivity contribution in [2.75, 3.05) is 0 Å². The first-order valence-electron chi connectivity index (χ1n) is 2.52. The molecule has 0 radical (unpaired) electrons. The minimum atomic E-state index is 0.919. The van der Waals surface area contributed by atoms with E-state index in [0.29, 0.717) is 0 Å². The van der Waals surface area contributed by atoms with Crippen LogP contribution in [0.4, 0.5) is 0 Å². The lowest BCUT2D eigenvalue weighted by molar-refractivity contribution is 0.494. The van der Waals surface area contributed by atoms with Crippen LogP contribution in [0.3, 0.4) is 0 Å². The maximum absolute atomic E-state index is 3.57. The fraction of sp³-hybridized carbons (Fsp3) is 1.00. The molecule has 2 aliphatic rings. The number of hydrogen-bond acceptors (Lipinski definition) is 0. The zero-order chi connectivity index (χ0) is 4.15. The number of alkyl halides is 1. The molecule has 0 bridgehead atoms. The van der Waals surface area contributed by atoms with Crippen molar-refractivity contribution < 1.29 is 0 Å². The zero-order valence-corrected chi connectivity index (χ0v) is 5.11. The van der Waals surface area contributed by atoms with E-state index in [1.165, 1.54) is 12.8 Å². The van der Waals surface area contributed by atoms with Gasteiger partial charge in [-0.3, -0.25) is 0 Å². The van der Waals surface area contributed by atoms with Gasteiger partial charge in [-0.05, 0) is 24.7 Å². The van der Waals surface area contributed by atoms with Crippen molar-refractivity contribution in [3.63, 3.8) is 0 Å². The summed E-state index contributed by atoms with van der Waals surface area (Å²) in [5, 5.41) is 0. The summed E-state index contributed by atoms with van der Waals surface area (Å²) >= 11 is 3.57. The summed E-state index contributed by atoms with van der Waals surface area (Å²) in [6.45, 7) is 0. The molecule has 0 heterocycles. The fourth-order valence-electron chi connectivity index (χ4n) is 1.25. The van der Waals surface area contributed by atoms with Crippen molar-refractivity contribution in [2.24, 2.45) is 11.8 Å². The Labute approximate surface area is 46.1 Å². The van der Waals surface area contributed by atoms with Crippen molar-refractivity contribution in [3.05, 3.63) is 0 Å². The van der Waals surface area contributed by atoms with Gasteiger partial charge in [-0.15, -0.1) is 0 Å². The molecular weight excluding hydrogens is 140 g/mol. The van der Waals surface area contributed by atoms with Crippen LogP contribution < -0.4 is 0 Å². The highest BCUT2D eigenvalue weighted by molar-refractivity contribution is 9.09. The van der Waals surface area contributed by atoms with Gasteiger partial charge in [0.25, 0.3) is 0 Å². The first-order chi connectivity index (χ1) is 2.88. The summed E-state index contributed by atoms with van der Waals surface area (Å²) in [6, 6.07) is 0. The van der Waals surface area contributed by atoms with Gasteiger partial charge in [-0.2, -0.15) is 0 Å². The Morgan fingerprint density at radius 1 is 1.33 bits per heavy atom. The molecule has 0 aliphatic heterocycles. The van der Waals surface area contributed by atoms with Crippen molar-refractivity contribution in [1.82, 2.24) is 0 Å². The average Bonchev–Trinajstić information content (AvgIpc) is 2.12. The topological polar surface area (TPSA) is 0 Å². The predicted octanol–water partition coefficient (Wildman–Crippen LogP) is 1.79. The molecule has 2 rings (SSSR count). The van der Waals surface area contributed by atoms with Gasteiger partial charge in [-0.25, -0.2) is 0 Å². The second-order valence-corrected chi connectivity index (χ2v) is 3.59. The molecule has 0 spiro atoms. The van der Waals surface area contributed by atoms with Crippen LogP contribution in [0.25, 0.3) is 0 Å². The average molecular weight is 147 g/mol. The highest BCUT2D eigenvalue weighted by Crippen LogP contribution is 2.58. The molecule has 0 N–H and O–H groups in total. The Bertz CT molecular complexity index is 80.0. The third-order valence-electron chi connectivity index (χ3n) is 1.97. The Morgan fingerprint density at radius 3 is 2.17 bits per heavy atom. The molecule has 3 unspecified atom stereocenters. The Morgan fingerprint density at radius 2 is 2.17 bits per heavy atom. The number of hydrogen-bond donors (Lipinski definition) is 0. The molecule has 0 saturated heterocycles. The first kappa shape index (κ1) is 3.48. The third kappa shape index (κ3) is 0.259. The molecule has 6 heavy (non-hydrogen) atoms. The molecule has 2 saturated carbocycles. The van der Waals surface area contributed by atoms with Gasteiger partial charge in [0.05, 0.1) is 0 Å². The van der Waals surface area contributed by atoms with Crippen LogP contribution in [0.5, 0.6) is 0 Å². The molecule has 0 aromatic heterocycles. The van der Waals surface area contributed by atoms with Crippen LogP contribution in [0.1, 0.15) is 12.8 Å². The lowest BCUT2D eigenvalue weighted by Gasteiger charge is -2.16. The molecule has 0 amide bonds. The lowest BCUT2D eigenvalue weighted by Crippen LogP contribution is -2.13. The summed E-state index contributed by atoms with van der Waals surface area (Å²) in [6.07, 6.45) is 2.99. The minimum absolute atomic E-state index is 0.919. The van der Waals surface area contributed by atoms with E-state index in [1.807, 2.05) is 0 Å². The number of halogens is 1. The molecule has 3 atom stereocenters. The Kier molecular flexibility index (Phi) is 0.484. The van der Waals surface area contributed by atoms with E-state index < -0.39 is 0 Å². The Hall–Kier alpha value is 0.480. The van der Waals surface area contributed by atoms with E-state index in [1.54, 1.807) is 0 Å². The first-order valence-corrected chi connectivity index (χ1v) is 3.43. The Balaban J connectivity index is 2.08. The van der Waals surface area contributed by atoms with E-state index in [2.05, 4.69) is 15.9 Å². The number of fused-ring (bicyclic) bond motifs is 1. The van der Waals surface area contributed by atoms with Gasteiger partial charge in [-0.1, -0.05) is 15.9 Å². The van der Waals surface area contributed by atoms with Crippen LogP contribution in [0.15, 0.2) is 0 Å². The highest BCUT2D eigenvalue weighted by Gasteiger charge is 2.51. The van der Waals surface area contributed by atoms with E-state index in [4.69, 9.17) is 0 Å². The molecule has 0 nitrogen and oxygen atoms in total. The molecule has 0 aromatic rings. The van der Waals surface area contributed by atoms with E-state index in [9.17, 15) is 0 Å². The smallest absolute Gasteiger partial charge is 0.0179 e. The SMILES string of the molecule is BrC1CC2CC12. The van der Waals surface area contributed by atoms with Crippen LogP contribution in [0.2, 0.25) is 0 Å². The molecule has 2 fully saturated rings. The third-order valence-corrected chi connectivity index (χ3v) is 3.02. The van der Waals surface area contributed by atoms with Crippen molar-refractivity contribution in [2.45, 2.75) is 17.7 Å². The predicted molar refractivity (Wildman–Crippen MR) is 28.9 cm³/mol. The highest BCUT2D eigenvalue weighted by atomic mass is 79.9. The van der Waals surface area contributed by atoms with E-state index in [-0.39, 0.29) is 0 Å². The summed E-state index contributed by atoms with van der Waals surface area (Å²) < 4.78 is 0. The maximum Gasteiger partial charge on any atom is 0.0179 e. The van der Waals surface area contributed by atoms with Crippen molar-refractivity contribution >= 4 is 15.9 Å². The van der Waals surface area contributed by atoms with Gasteiger partial charge in [0.2, 0.25) is 0 Å². The van der Waals surface area contributed by atoms with E-state index in [0.717, 1.165) is 16.7 Å². The van der Waals surface area contributed by atoms with Crippen molar-refractivity contribution in [1.29, 1.82) is 0 Å². The van der Waals surface area contributed by atoms with Gasteiger partial charge in [0.1, 0.15) is 0 Å². The molecular formula is C5H7Br. The van der Waals surface area contributed by atoms with Crippen LogP contribution in [-0.2, 0) is 0 Å². The standard InChI is InChI=1S/C5H7Br/c6-5-2-3-1-4(3)5/h3-5H,1-2H2. The second-order valence-electron chi connectivity index (χ2n) is 2.41. The summed E-state index contributed by atoms with van der Waals surface area (Å²) in [5.41, 5.74) is 0. The molecule has 1 heteroatoms. The fourth-order valence-corrected chi connectivity index (χ4v) is 2.38. The van der Waals surface area contributed by atoms with Gasteiger partial charge in [0, 0.05) is 4.83 Å². The van der Waals surface area contributed by atoms with Crippen LogP contribution >= 0.6 is 15.9 Å². The van der Waals surface area contributed by atoms with E-state index >= 15 is 0 Å². The summed E-state index contributed by atoms with van der Waals surface area (Å²) in [5.74, 6) is 2.28. The van der Waals surface area contributed by atoms with Gasteiger partial charge < -0.3 is 0 Å². The van der Waals surface area contributed by atoms with Crippen LogP contribution in [-0.4, -0.2) is 4.83 Å². The van der Waals surface area contributed by atoms with Gasteiger partial charge in [0.15, 0.2) is 0 Å². The second kappa shape index (κ2) is 0.835. The largest absolute Gasteiger partial charge is 0.0887 e.